The van der Waals surface area contributed by atoms with Crippen molar-refractivity contribution in [1.82, 2.24) is 15.5 Å². The van der Waals surface area contributed by atoms with Crippen LogP contribution in [0.1, 0.15) is 19.3 Å². The average Bonchev–Trinajstić information content (AvgIpc) is 3.12. The highest BCUT2D eigenvalue weighted by Gasteiger charge is 2.37. The third-order valence-electron chi connectivity index (χ3n) is 4.19. The second-order valence-electron chi connectivity index (χ2n) is 6.29. The van der Waals surface area contributed by atoms with E-state index in [1.54, 1.807) is 0 Å². The van der Waals surface area contributed by atoms with Gasteiger partial charge in [-0.2, -0.15) is 25.3 Å². The standard InChI is InChI=1S/C15H25N5O6S2/c16-7(4-11(17)21)12(22)18-8(5-27)13(23)19-9(6-28)14(24)20-3-1-2-10(20)15(25)26/h7-10,27-28H,1-6,16H2,(H2,17,21)(H,18,22)(H,19,23)(H,25,26). The molecule has 0 aromatic rings. The second kappa shape index (κ2) is 11.1. The van der Waals surface area contributed by atoms with Crippen molar-refractivity contribution in [2.45, 2.75) is 43.4 Å². The maximum absolute atomic E-state index is 12.6. The summed E-state index contributed by atoms with van der Waals surface area (Å²) >= 11 is 8.05. The molecule has 1 rings (SSSR count). The van der Waals surface area contributed by atoms with E-state index in [4.69, 9.17) is 11.5 Å². The number of nitrogens with two attached hydrogens (primary N) is 2. The summed E-state index contributed by atoms with van der Waals surface area (Å²) in [5, 5.41) is 14.0. The first-order valence-electron chi connectivity index (χ1n) is 8.52. The minimum absolute atomic E-state index is 0.0676. The highest BCUT2D eigenvalue weighted by Crippen LogP contribution is 2.18. The Hall–Kier alpha value is -1.99. The molecule has 13 heteroatoms. The van der Waals surface area contributed by atoms with Gasteiger partial charge in [0.25, 0.3) is 0 Å². The summed E-state index contributed by atoms with van der Waals surface area (Å²) < 4.78 is 0. The van der Waals surface area contributed by atoms with Crippen LogP contribution < -0.4 is 22.1 Å². The number of nitrogens with one attached hydrogen (secondary N) is 2. The van der Waals surface area contributed by atoms with Crippen molar-refractivity contribution in [2.75, 3.05) is 18.1 Å². The number of nitrogens with zero attached hydrogens (tertiary/aromatic N) is 1. The number of amides is 4. The Balaban J connectivity index is 2.75. The summed E-state index contributed by atoms with van der Waals surface area (Å²) in [5.41, 5.74) is 10.5. The number of hydrogen-bond donors (Lipinski definition) is 7. The zero-order valence-corrected chi connectivity index (χ0v) is 16.8. The van der Waals surface area contributed by atoms with Gasteiger partial charge in [-0.15, -0.1) is 0 Å². The number of carboxylic acid groups (broad SMARTS) is 1. The molecule has 0 saturated carbocycles. The fourth-order valence-electron chi connectivity index (χ4n) is 2.73. The molecule has 1 saturated heterocycles. The molecule has 28 heavy (non-hydrogen) atoms. The summed E-state index contributed by atoms with van der Waals surface area (Å²) in [5.74, 6) is -4.10. The SMILES string of the molecule is NC(=O)CC(N)C(=O)NC(CS)C(=O)NC(CS)C(=O)N1CCCC1C(=O)O. The molecule has 4 unspecified atom stereocenters. The number of likely N-dealkylation sites (tertiary alicyclic amines) is 1. The maximum atomic E-state index is 12.6. The zero-order valence-electron chi connectivity index (χ0n) is 15.0. The van der Waals surface area contributed by atoms with Crippen molar-refractivity contribution in [3.8, 4) is 0 Å². The van der Waals surface area contributed by atoms with Gasteiger partial charge in [0.2, 0.25) is 23.6 Å². The molecule has 0 aliphatic carbocycles. The number of carbonyl (C=O) groups excluding carboxylic acids is 4. The molecular weight excluding hydrogens is 410 g/mol. The van der Waals surface area contributed by atoms with Gasteiger partial charge in [0.05, 0.1) is 12.5 Å². The van der Waals surface area contributed by atoms with Gasteiger partial charge in [0.1, 0.15) is 18.1 Å². The molecule has 11 nitrogen and oxygen atoms in total. The number of rotatable bonds is 10. The predicted molar refractivity (Wildman–Crippen MR) is 106 cm³/mol. The smallest absolute Gasteiger partial charge is 0.326 e. The molecule has 158 valence electrons. The van der Waals surface area contributed by atoms with Crippen molar-refractivity contribution in [1.29, 1.82) is 0 Å². The van der Waals surface area contributed by atoms with Gasteiger partial charge < -0.3 is 32.1 Å². The molecule has 4 atom stereocenters. The summed E-state index contributed by atoms with van der Waals surface area (Å²) in [7, 11) is 0. The Morgan fingerprint density at radius 3 is 2.14 bits per heavy atom. The van der Waals surface area contributed by atoms with Crippen LogP contribution in [0.15, 0.2) is 0 Å². The van der Waals surface area contributed by atoms with Gasteiger partial charge in [-0.1, -0.05) is 0 Å². The summed E-state index contributed by atoms with van der Waals surface area (Å²) in [6, 6.07) is -4.37. The normalized spacial score (nSPS) is 19.4. The van der Waals surface area contributed by atoms with Crippen molar-refractivity contribution in [3.05, 3.63) is 0 Å². The van der Waals surface area contributed by atoms with Crippen LogP contribution in [-0.4, -0.2) is 81.8 Å². The minimum atomic E-state index is -1.23. The van der Waals surface area contributed by atoms with E-state index in [0.717, 1.165) is 0 Å². The number of primary amides is 1. The average molecular weight is 436 g/mol. The summed E-state index contributed by atoms with van der Waals surface area (Å²) in [4.78, 5) is 60.3. The van der Waals surface area contributed by atoms with Gasteiger partial charge in [-0.05, 0) is 12.8 Å². The van der Waals surface area contributed by atoms with Crippen LogP contribution in [0.4, 0.5) is 0 Å². The molecular formula is C15H25N5O6S2. The van der Waals surface area contributed by atoms with Gasteiger partial charge in [0.15, 0.2) is 0 Å². The van der Waals surface area contributed by atoms with Crippen LogP contribution >= 0.6 is 25.3 Å². The molecule has 1 aliphatic rings. The van der Waals surface area contributed by atoms with E-state index in [0.29, 0.717) is 12.8 Å². The van der Waals surface area contributed by atoms with E-state index in [9.17, 15) is 29.1 Å². The third kappa shape index (κ3) is 6.56. The fourth-order valence-corrected chi connectivity index (χ4v) is 3.23. The monoisotopic (exact) mass is 435 g/mol. The van der Waals surface area contributed by atoms with E-state index in [-0.39, 0.29) is 18.1 Å². The molecule has 0 aromatic heterocycles. The summed E-state index contributed by atoms with van der Waals surface area (Å²) in [6.07, 6.45) is 0.487. The van der Waals surface area contributed by atoms with E-state index in [1.807, 2.05) is 0 Å². The Morgan fingerprint density at radius 2 is 1.64 bits per heavy atom. The first-order chi connectivity index (χ1) is 13.1. The lowest BCUT2D eigenvalue weighted by Gasteiger charge is -2.27. The van der Waals surface area contributed by atoms with Crippen LogP contribution in [-0.2, 0) is 24.0 Å². The Morgan fingerprint density at radius 1 is 1.07 bits per heavy atom. The van der Waals surface area contributed by atoms with Gasteiger partial charge in [-0.3, -0.25) is 19.2 Å². The maximum Gasteiger partial charge on any atom is 0.326 e. The Kier molecular flexibility index (Phi) is 9.55. The molecule has 1 heterocycles. The van der Waals surface area contributed by atoms with E-state index in [2.05, 4.69) is 35.9 Å². The van der Waals surface area contributed by atoms with Crippen molar-refractivity contribution in [2.24, 2.45) is 11.5 Å². The fraction of sp³-hybridized carbons (Fsp3) is 0.667. The number of carbonyl (C=O) groups is 5. The highest BCUT2D eigenvalue weighted by molar-refractivity contribution is 7.80. The van der Waals surface area contributed by atoms with Crippen LogP contribution in [0.2, 0.25) is 0 Å². The lowest BCUT2D eigenvalue weighted by Crippen LogP contribution is -2.58. The third-order valence-corrected chi connectivity index (χ3v) is 4.92. The number of hydrogen-bond acceptors (Lipinski definition) is 8. The first kappa shape index (κ1) is 24.0. The first-order valence-corrected chi connectivity index (χ1v) is 9.78. The van der Waals surface area contributed by atoms with Gasteiger partial charge in [-0.25, -0.2) is 4.79 Å². The number of thiol groups is 2. The summed E-state index contributed by atoms with van der Waals surface area (Å²) in [6.45, 7) is 0.269. The molecule has 0 radical (unpaired) electrons. The van der Waals surface area contributed by atoms with Crippen LogP contribution in [0.5, 0.6) is 0 Å². The largest absolute Gasteiger partial charge is 0.480 e. The number of carboxylic acids is 1. The Labute approximate surface area is 172 Å². The highest BCUT2D eigenvalue weighted by atomic mass is 32.1. The topological polar surface area (TPSA) is 185 Å². The number of aliphatic carboxylic acids is 1. The van der Waals surface area contributed by atoms with Crippen LogP contribution in [0.25, 0.3) is 0 Å². The van der Waals surface area contributed by atoms with E-state index < -0.39 is 60.2 Å². The van der Waals surface area contributed by atoms with Crippen LogP contribution in [0, 0.1) is 0 Å². The van der Waals surface area contributed by atoms with Gasteiger partial charge >= 0.3 is 5.97 Å². The molecule has 1 fully saturated rings. The molecule has 7 N–H and O–H groups in total. The lowest BCUT2D eigenvalue weighted by molar-refractivity contribution is -0.149. The zero-order chi connectivity index (χ0) is 21.4. The van der Waals surface area contributed by atoms with Crippen molar-refractivity contribution < 1.29 is 29.1 Å². The predicted octanol–water partition coefficient (Wildman–Crippen LogP) is -2.91. The Bertz CT molecular complexity index is 634. The minimum Gasteiger partial charge on any atom is -0.480 e. The molecule has 0 aromatic carbocycles. The molecule has 0 bridgehead atoms. The van der Waals surface area contributed by atoms with Crippen LogP contribution in [0.3, 0.4) is 0 Å². The molecule has 1 aliphatic heterocycles. The quantitative estimate of drug-likeness (QED) is 0.179. The van der Waals surface area contributed by atoms with Crippen molar-refractivity contribution >= 4 is 54.9 Å². The molecule has 0 spiro atoms. The van der Waals surface area contributed by atoms with E-state index >= 15 is 0 Å². The van der Waals surface area contributed by atoms with E-state index in [1.165, 1.54) is 4.90 Å². The molecule has 4 amide bonds. The lowest BCUT2D eigenvalue weighted by atomic mass is 10.1. The second-order valence-corrected chi connectivity index (χ2v) is 7.02. The van der Waals surface area contributed by atoms with Crippen molar-refractivity contribution in [3.63, 3.8) is 0 Å². The van der Waals surface area contributed by atoms with Gasteiger partial charge in [0, 0.05) is 18.1 Å².